The lowest BCUT2D eigenvalue weighted by Crippen LogP contribution is -2.32. The normalized spacial score (nSPS) is 17.2. The summed E-state index contributed by atoms with van der Waals surface area (Å²) in [5, 5.41) is 4.21. The van der Waals surface area contributed by atoms with Gasteiger partial charge < -0.3 is 10.1 Å². The molecule has 1 N–H and O–H groups in total. The van der Waals surface area contributed by atoms with Gasteiger partial charge in [0.25, 0.3) is 0 Å². The number of ether oxygens (including phenoxy) is 1. The van der Waals surface area contributed by atoms with Gasteiger partial charge in [0.15, 0.2) is 0 Å². The molecule has 0 unspecified atom stereocenters. The van der Waals surface area contributed by atoms with E-state index in [1.54, 1.807) is 0 Å². The Kier molecular flexibility index (Phi) is 5.30. The van der Waals surface area contributed by atoms with E-state index in [1.807, 2.05) is 18.2 Å². The van der Waals surface area contributed by atoms with E-state index in [2.05, 4.69) is 11.4 Å². The number of hydrogen-bond acceptors (Lipinski definition) is 2. The van der Waals surface area contributed by atoms with Crippen LogP contribution in [0, 0.1) is 0 Å². The molecule has 0 bridgehead atoms. The van der Waals surface area contributed by atoms with Crippen LogP contribution in [0.3, 0.4) is 0 Å². The first-order valence-electron chi connectivity index (χ1n) is 6.42. The van der Waals surface area contributed by atoms with Gasteiger partial charge in [-0.15, -0.1) is 0 Å². The Labute approximate surface area is 108 Å². The quantitative estimate of drug-likeness (QED) is 0.815. The highest BCUT2D eigenvalue weighted by molar-refractivity contribution is 6.31. The SMILES string of the molecule is Clc1ccccc1CCCOC1CCNCC1. The third-order valence-electron chi connectivity index (χ3n) is 3.19. The molecule has 0 radical (unpaired) electrons. The van der Waals surface area contributed by atoms with Gasteiger partial charge in [-0.1, -0.05) is 29.8 Å². The predicted octanol–water partition coefficient (Wildman–Crippen LogP) is 3.04. The first kappa shape index (κ1) is 12.9. The molecule has 0 aromatic heterocycles. The van der Waals surface area contributed by atoms with Crippen LogP contribution in [0.2, 0.25) is 5.02 Å². The molecular weight excluding hydrogens is 234 g/mol. The van der Waals surface area contributed by atoms with Gasteiger partial charge in [-0.2, -0.15) is 0 Å². The fourth-order valence-corrected chi connectivity index (χ4v) is 2.41. The molecule has 1 saturated heterocycles. The van der Waals surface area contributed by atoms with E-state index in [0.717, 1.165) is 50.4 Å². The molecule has 0 amide bonds. The zero-order chi connectivity index (χ0) is 11.9. The molecule has 0 aliphatic carbocycles. The maximum absolute atomic E-state index is 6.10. The van der Waals surface area contributed by atoms with Crippen LogP contribution in [0.1, 0.15) is 24.8 Å². The Balaban J connectivity index is 1.64. The molecule has 1 heterocycles. The van der Waals surface area contributed by atoms with Crippen molar-refractivity contribution in [3.8, 4) is 0 Å². The molecule has 1 aromatic rings. The molecule has 2 rings (SSSR count). The van der Waals surface area contributed by atoms with Gasteiger partial charge in [0.05, 0.1) is 6.10 Å². The molecule has 94 valence electrons. The first-order chi connectivity index (χ1) is 8.36. The monoisotopic (exact) mass is 253 g/mol. The van der Waals surface area contributed by atoms with Crippen molar-refractivity contribution in [3.05, 3.63) is 34.9 Å². The topological polar surface area (TPSA) is 21.3 Å². The summed E-state index contributed by atoms with van der Waals surface area (Å²) < 4.78 is 5.86. The van der Waals surface area contributed by atoms with Crippen LogP contribution in [-0.4, -0.2) is 25.8 Å². The zero-order valence-corrected chi connectivity index (χ0v) is 10.9. The van der Waals surface area contributed by atoms with Gasteiger partial charge in [-0.3, -0.25) is 0 Å². The molecule has 2 nitrogen and oxygen atoms in total. The Morgan fingerprint density at radius 3 is 2.76 bits per heavy atom. The van der Waals surface area contributed by atoms with Gasteiger partial charge in [0, 0.05) is 11.6 Å². The average molecular weight is 254 g/mol. The summed E-state index contributed by atoms with van der Waals surface area (Å²) in [7, 11) is 0. The van der Waals surface area contributed by atoms with Crippen LogP contribution < -0.4 is 5.32 Å². The van der Waals surface area contributed by atoms with Crippen LogP contribution >= 0.6 is 11.6 Å². The Hall–Kier alpha value is -0.570. The molecule has 1 aliphatic heterocycles. The Morgan fingerprint density at radius 1 is 1.24 bits per heavy atom. The van der Waals surface area contributed by atoms with Crippen molar-refractivity contribution in [3.63, 3.8) is 0 Å². The fourth-order valence-electron chi connectivity index (χ4n) is 2.18. The molecule has 1 aliphatic rings. The molecule has 1 aromatic carbocycles. The van der Waals surface area contributed by atoms with Crippen molar-refractivity contribution in [1.82, 2.24) is 5.32 Å². The first-order valence-corrected chi connectivity index (χ1v) is 6.80. The summed E-state index contributed by atoms with van der Waals surface area (Å²) in [5.74, 6) is 0. The fraction of sp³-hybridized carbons (Fsp3) is 0.571. The second kappa shape index (κ2) is 7.00. The van der Waals surface area contributed by atoms with E-state index in [0.29, 0.717) is 6.10 Å². The van der Waals surface area contributed by atoms with Crippen molar-refractivity contribution < 1.29 is 4.74 Å². The van der Waals surface area contributed by atoms with E-state index in [9.17, 15) is 0 Å². The Morgan fingerprint density at radius 2 is 2.00 bits per heavy atom. The number of nitrogens with one attached hydrogen (secondary N) is 1. The van der Waals surface area contributed by atoms with Gasteiger partial charge >= 0.3 is 0 Å². The average Bonchev–Trinajstić information content (AvgIpc) is 2.38. The van der Waals surface area contributed by atoms with Crippen LogP contribution in [0.25, 0.3) is 0 Å². The summed E-state index contributed by atoms with van der Waals surface area (Å²) in [6.45, 7) is 3.03. The van der Waals surface area contributed by atoms with E-state index < -0.39 is 0 Å². The van der Waals surface area contributed by atoms with Crippen LogP contribution in [0.5, 0.6) is 0 Å². The minimum Gasteiger partial charge on any atom is -0.378 e. The van der Waals surface area contributed by atoms with Crippen LogP contribution in [-0.2, 0) is 11.2 Å². The van der Waals surface area contributed by atoms with Crippen LogP contribution in [0.15, 0.2) is 24.3 Å². The lowest BCUT2D eigenvalue weighted by Gasteiger charge is -2.22. The number of rotatable bonds is 5. The van der Waals surface area contributed by atoms with Crippen molar-refractivity contribution in [2.24, 2.45) is 0 Å². The second-order valence-corrected chi connectivity index (χ2v) is 4.92. The minimum atomic E-state index is 0.461. The van der Waals surface area contributed by atoms with Crippen molar-refractivity contribution in [2.75, 3.05) is 19.7 Å². The standard InChI is InChI=1S/C14H20ClNO/c15-14-6-2-1-4-12(14)5-3-11-17-13-7-9-16-10-8-13/h1-2,4,6,13,16H,3,5,7-11H2. The Bertz CT molecular complexity index is 337. The smallest absolute Gasteiger partial charge is 0.0599 e. The summed E-state index contributed by atoms with van der Waals surface area (Å²) in [4.78, 5) is 0. The number of piperidine rings is 1. The van der Waals surface area contributed by atoms with Crippen molar-refractivity contribution in [1.29, 1.82) is 0 Å². The molecule has 0 atom stereocenters. The number of hydrogen-bond donors (Lipinski definition) is 1. The summed E-state index contributed by atoms with van der Waals surface area (Å²) in [6, 6.07) is 8.05. The predicted molar refractivity (Wildman–Crippen MR) is 71.6 cm³/mol. The number of benzene rings is 1. The zero-order valence-electron chi connectivity index (χ0n) is 10.1. The highest BCUT2D eigenvalue weighted by Gasteiger charge is 2.12. The molecule has 0 saturated carbocycles. The lowest BCUT2D eigenvalue weighted by molar-refractivity contribution is 0.0318. The van der Waals surface area contributed by atoms with Crippen LogP contribution in [0.4, 0.5) is 0 Å². The molecule has 0 spiro atoms. The minimum absolute atomic E-state index is 0.461. The molecule has 1 fully saturated rings. The third-order valence-corrected chi connectivity index (χ3v) is 3.56. The van der Waals surface area contributed by atoms with E-state index in [1.165, 1.54) is 5.56 Å². The molecule has 3 heteroatoms. The summed E-state index contributed by atoms with van der Waals surface area (Å²) >= 11 is 6.10. The van der Waals surface area contributed by atoms with Crippen molar-refractivity contribution >= 4 is 11.6 Å². The lowest BCUT2D eigenvalue weighted by atomic mass is 10.1. The maximum atomic E-state index is 6.10. The van der Waals surface area contributed by atoms with Gasteiger partial charge in [0.1, 0.15) is 0 Å². The third kappa shape index (κ3) is 4.30. The van der Waals surface area contributed by atoms with E-state index >= 15 is 0 Å². The van der Waals surface area contributed by atoms with E-state index in [-0.39, 0.29) is 0 Å². The van der Waals surface area contributed by atoms with Crippen molar-refractivity contribution in [2.45, 2.75) is 31.8 Å². The largest absolute Gasteiger partial charge is 0.378 e. The second-order valence-electron chi connectivity index (χ2n) is 4.52. The van der Waals surface area contributed by atoms with Gasteiger partial charge in [-0.25, -0.2) is 0 Å². The van der Waals surface area contributed by atoms with E-state index in [4.69, 9.17) is 16.3 Å². The summed E-state index contributed by atoms with van der Waals surface area (Å²) in [6.07, 6.45) is 4.80. The molecule has 17 heavy (non-hydrogen) atoms. The highest BCUT2D eigenvalue weighted by Crippen LogP contribution is 2.17. The molecular formula is C14H20ClNO. The number of aryl methyl sites for hydroxylation is 1. The summed E-state index contributed by atoms with van der Waals surface area (Å²) in [5.41, 5.74) is 1.23. The maximum Gasteiger partial charge on any atom is 0.0599 e. The number of halogens is 1. The van der Waals surface area contributed by atoms with Gasteiger partial charge in [-0.05, 0) is 50.4 Å². The highest BCUT2D eigenvalue weighted by atomic mass is 35.5. The van der Waals surface area contributed by atoms with Gasteiger partial charge in [0.2, 0.25) is 0 Å².